The molecule has 0 saturated heterocycles. The second-order valence-corrected chi connectivity index (χ2v) is 5.88. The highest BCUT2D eigenvalue weighted by molar-refractivity contribution is 6.30. The van der Waals surface area contributed by atoms with Gasteiger partial charge in [0.05, 0.1) is 12.1 Å². The fraction of sp³-hybridized carbons (Fsp3) is 0.176. The van der Waals surface area contributed by atoms with E-state index in [1.807, 2.05) is 30.4 Å². The predicted octanol–water partition coefficient (Wildman–Crippen LogP) is 2.45. The van der Waals surface area contributed by atoms with Crippen LogP contribution in [0.1, 0.15) is 24.1 Å². The highest BCUT2D eigenvalue weighted by atomic mass is 35.5. The maximum Gasteiger partial charge on any atom is 0.161 e. The predicted molar refractivity (Wildman–Crippen MR) is 87.0 cm³/mol. The molecule has 2 aliphatic rings. The molecule has 0 spiro atoms. The molecule has 4 rings (SSSR count). The molecule has 0 saturated carbocycles. The van der Waals surface area contributed by atoms with Crippen LogP contribution in [0.5, 0.6) is 0 Å². The number of aliphatic hydroxyl groups is 1. The molecular formula is C17H14ClN3O. The van der Waals surface area contributed by atoms with Crippen LogP contribution in [-0.4, -0.2) is 16.0 Å². The van der Waals surface area contributed by atoms with E-state index in [1.165, 1.54) is 0 Å². The van der Waals surface area contributed by atoms with Gasteiger partial charge in [-0.2, -0.15) is 0 Å². The van der Waals surface area contributed by atoms with E-state index in [0.717, 1.165) is 22.1 Å². The van der Waals surface area contributed by atoms with E-state index >= 15 is 0 Å². The molecule has 5 heteroatoms. The van der Waals surface area contributed by atoms with Gasteiger partial charge >= 0.3 is 0 Å². The maximum atomic E-state index is 10.5. The first-order chi connectivity index (χ1) is 10.7. The van der Waals surface area contributed by atoms with E-state index in [-0.39, 0.29) is 6.04 Å². The van der Waals surface area contributed by atoms with Crippen LogP contribution in [0.3, 0.4) is 0 Å². The van der Waals surface area contributed by atoms with Crippen LogP contribution >= 0.6 is 11.6 Å². The summed E-state index contributed by atoms with van der Waals surface area (Å²) in [4.78, 5) is 8.58. The molecule has 0 radical (unpaired) electrons. The fourth-order valence-corrected chi connectivity index (χ4v) is 3.20. The van der Waals surface area contributed by atoms with Gasteiger partial charge < -0.3 is 9.67 Å². The number of allylic oxidation sites excluding steroid dienone is 2. The van der Waals surface area contributed by atoms with E-state index in [9.17, 15) is 5.11 Å². The van der Waals surface area contributed by atoms with E-state index < -0.39 is 6.10 Å². The molecule has 2 aromatic rings. The zero-order chi connectivity index (χ0) is 15.1. The number of halogens is 1. The van der Waals surface area contributed by atoms with Crippen molar-refractivity contribution in [1.29, 1.82) is 0 Å². The summed E-state index contributed by atoms with van der Waals surface area (Å²) < 4.78 is 2.12. The van der Waals surface area contributed by atoms with Crippen molar-refractivity contribution in [2.24, 2.45) is 9.98 Å². The molecule has 110 valence electrons. The monoisotopic (exact) mass is 311 g/mol. The van der Waals surface area contributed by atoms with Crippen LogP contribution in [-0.2, 0) is 0 Å². The van der Waals surface area contributed by atoms with Crippen molar-refractivity contribution in [1.82, 2.24) is 4.57 Å². The molecule has 2 aliphatic heterocycles. The quantitative estimate of drug-likeness (QED) is 0.930. The molecule has 2 unspecified atom stereocenters. The van der Waals surface area contributed by atoms with Crippen molar-refractivity contribution in [3.8, 4) is 0 Å². The van der Waals surface area contributed by atoms with E-state index in [0.29, 0.717) is 11.4 Å². The van der Waals surface area contributed by atoms with Crippen LogP contribution in [0.25, 0.3) is 6.08 Å². The molecule has 0 fully saturated rings. The highest BCUT2D eigenvalue weighted by Gasteiger charge is 2.21. The highest BCUT2D eigenvalue weighted by Crippen LogP contribution is 2.27. The standard InChI is InChI=1S/C17H14ClN3O/c18-12-4-1-3-11(7-12)16(22)9-14-6-2-5-13-8-15-17(21(13)14)20-10-19-15/h1-8,10,14,16,22H,9H2. The number of fused-ring (bicyclic) bond motifs is 3. The van der Waals surface area contributed by atoms with Gasteiger partial charge in [0.25, 0.3) is 0 Å². The first-order valence-corrected chi connectivity index (χ1v) is 7.54. The van der Waals surface area contributed by atoms with Gasteiger partial charge in [-0.25, -0.2) is 9.98 Å². The number of hydrogen-bond donors (Lipinski definition) is 1. The number of aliphatic imine (C=N–C) groups is 1. The van der Waals surface area contributed by atoms with Gasteiger partial charge in [0.15, 0.2) is 5.49 Å². The van der Waals surface area contributed by atoms with Gasteiger partial charge in [-0.1, -0.05) is 35.9 Å². The SMILES string of the molecule is OC(CC1C=CC=c2cc3c(n21)=NC=N3)c1cccc(Cl)c1. The first kappa shape index (κ1) is 13.5. The summed E-state index contributed by atoms with van der Waals surface area (Å²) in [5, 5.41) is 12.2. The van der Waals surface area contributed by atoms with Crippen molar-refractivity contribution in [3.63, 3.8) is 0 Å². The Morgan fingerprint density at radius 2 is 2.23 bits per heavy atom. The Labute approximate surface area is 132 Å². The Morgan fingerprint density at radius 3 is 3.09 bits per heavy atom. The molecule has 2 atom stereocenters. The van der Waals surface area contributed by atoms with Crippen LogP contribution < -0.4 is 10.8 Å². The second kappa shape index (κ2) is 5.23. The van der Waals surface area contributed by atoms with Crippen molar-refractivity contribution < 1.29 is 5.11 Å². The van der Waals surface area contributed by atoms with Crippen LogP contribution in [0, 0.1) is 0 Å². The summed E-state index contributed by atoms with van der Waals surface area (Å²) in [6, 6.07) is 9.42. The number of hydrogen-bond acceptors (Lipinski definition) is 3. The molecule has 1 N–H and O–H groups in total. The summed E-state index contributed by atoms with van der Waals surface area (Å²) in [7, 11) is 0. The third kappa shape index (κ3) is 2.21. The lowest BCUT2D eigenvalue weighted by molar-refractivity contribution is 0.152. The van der Waals surface area contributed by atoms with Crippen molar-refractivity contribution >= 4 is 29.7 Å². The average Bonchev–Trinajstić information content (AvgIpc) is 3.08. The lowest BCUT2D eigenvalue weighted by atomic mass is 10.0. The smallest absolute Gasteiger partial charge is 0.161 e. The number of benzene rings is 1. The zero-order valence-electron chi connectivity index (χ0n) is 11.7. The average molecular weight is 312 g/mol. The minimum absolute atomic E-state index is 0.0446. The number of aliphatic hydroxyl groups excluding tert-OH is 1. The topological polar surface area (TPSA) is 49.9 Å². The molecule has 4 nitrogen and oxygen atoms in total. The first-order valence-electron chi connectivity index (χ1n) is 7.16. The summed E-state index contributed by atoms with van der Waals surface area (Å²) >= 11 is 6.01. The van der Waals surface area contributed by atoms with E-state index in [2.05, 4.69) is 20.6 Å². The number of rotatable bonds is 3. The second-order valence-electron chi connectivity index (χ2n) is 5.45. The molecule has 1 aromatic heterocycles. The Morgan fingerprint density at radius 1 is 1.32 bits per heavy atom. The third-order valence-electron chi connectivity index (χ3n) is 4.03. The summed E-state index contributed by atoms with van der Waals surface area (Å²) in [6.45, 7) is 0. The molecule has 0 aliphatic carbocycles. The Kier molecular flexibility index (Phi) is 3.21. The van der Waals surface area contributed by atoms with Gasteiger partial charge in [-0.3, -0.25) is 0 Å². The van der Waals surface area contributed by atoms with Crippen molar-refractivity contribution in [2.45, 2.75) is 18.6 Å². The van der Waals surface area contributed by atoms with E-state index in [1.54, 1.807) is 18.5 Å². The Bertz CT molecular complexity index is 910. The lowest BCUT2D eigenvalue weighted by Gasteiger charge is -2.21. The minimum Gasteiger partial charge on any atom is -0.388 e. The van der Waals surface area contributed by atoms with Gasteiger partial charge in [-0.15, -0.1) is 0 Å². The molecule has 0 amide bonds. The molecule has 3 heterocycles. The van der Waals surface area contributed by atoms with Crippen LogP contribution in [0.15, 0.2) is 52.5 Å². The minimum atomic E-state index is -0.584. The molecule has 0 bridgehead atoms. The fourth-order valence-electron chi connectivity index (χ4n) is 3.00. The number of nitrogens with zero attached hydrogens (tertiary/aromatic N) is 3. The number of aromatic nitrogens is 1. The van der Waals surface area contributed by atoms with Crippen LogP contribution in [0.4, 0.5) is 5.69 Å². The lowest BCUT2D eigenvalue weighted by Crippen LogP contribution is -2.32. The summed E-state index contributed by atoms with van der Waals surface area (Å²) in [6.07, 6.45) is 7.68. The maximum absolute atomic E-state index is 10.5. The normalized spacial score (nSPS) is 19.3. The van der Waals surface area contributed by atoms with Gasteiger partial charge in [-0.05, 0) is 29.8 Å². The summed E-state index contributed by atoms with van der Waals surface area (Å²) in [5.74, 6) is 0. The largest absolute Gasteiger partial charge is 0.388 e. The van der Waals surface area contributed by atoms with E-state index in [4.69, 9.17) is 11.6 Å². The van der Waals surface area contributed by atoms with Crippen molar-refractivity contribution in [3.05, 3.63) is 63.9 Å². The summed E-state index contributed by atoms with van der Waals surface area (Å²) in [5.41, 5.74) is 2.57. The molecule has 1 aromatic carbocycles. The van der Waals surface area contributed by atoms with Crippen LogP contribution in [0.2, 0.25) is 5.02 Å². The van der Waals surface area contributed by atoms with Gasteiger partial charge in [0, 0.05) is 16.8 Å². The Balaban J connectivity index is 1.67. The molecular weight excluding hydrogens is 298 g/mol. The van der Waals surface area contributed by atoms with Gasteiger partial charge in [0.2, 0.25) is 0 Å². The van der Waals surface area contributed by atoms with Gasteiger partial charge in [0.1, 0.15) is 12.0 Å². The van der Waals surface area contributed by atoms with Crippen molar-refractivity contribution in [2.75, 3.05) is 0 Å². The third-order valence-corrected chi connectivity index (χ3v) is 4.26. The zero-order valence-corrected chi connectivity index (χ0v) is 12.5. The molecule has 22 heavy (non-hydrogen) atoms. The Hall–Kier alpha value is -2.17.